The van der Waals surface area contributed by atoms with E-state index in [-0.39, 0.29) is 11.7 Å². The third-order valence-corrected chi connectivity index (χ3v) is 2.79. The highest BCUT2D eigenvalue weighted by Gasteiger charge is 2.07. The smallest absolute Gasteiger partial charge is 0.248 e. The Morgan fingerprint density at radius 1 is 0.950 bits per heavy atom. The highest BCUT2D eigenvalue weighted by atomic mass is 16.1. The number of hydrogen-bond acceptors (Lipinski definition) is 2. The van der Waals surface area contributed by atoms with E-state index < -0.39 is 0 Å². The molecule has 0 aliphatic heterocycles. The Morgan fingerprint density at radius 3 is 2.30 bits per heavy atom. The van der Waals surface area contributed by atoms with Gasteiger partial charge in [0.15, 0.2) is 5.78 Å². The minimum atomic E-state index is -0.262. The normalized spacial score (nSPS) is 10.4. The minimum Gasteiger partial charge on any atom is -0.322 e. The largest absolute Gasteiger partial charge is 0.322 e. The number of carbonyl (C=O) groups excluding carboxylic acids is 2. The van der Waals surface area contributed by atoms with Crippen molar-refractivity contribution in [2.45, 2.75) is 6.92 Å². The average molecular weight is 265 g/mol. The predicted octanol–water partition coefficient (Wildman–Crippen LogP) is 3.54. The number of carbonyl (C=O) groups is 2. The van der Waals surface area contributed by atoms with E-state index in [1.54, 1.807) is 30.3 Å². The Kier molecular flexibility index (Phi) is 4.45. The average Bonchev–Trinajstić information content (AvgIpc) is 2.46. The first-order valence-electron chi connectivity index (χ1n) is 6.31. The van der Waals surface area contributed by atoms with Gasteiger partial charge in [0.25, 0.3) is 0 Å². The van der Waals surface area contributed by atoms with Gasteiger partial charge in [-0.25, -0.2) is 0 Å². The molecule has 2 rings (SSSR count). The molecule has 0 fully saturated rings. The maximum absolute atomic E-state index is 11.9. The lowest BCUT2D eigenvalue weighted by Gasteiger charge is -2.06. The maximum atomic E-state index is 11.9. The quantitative estimate of drug-likeness (QED) is 0.679. The first-order chi connectivity index (χ1) is 9.66. The predicted molar refractivity (Wildman–Crippen MR) is 80.6 cm³/mol. The molecule has 1 amide bonds. The second-order valence-corrected chi connectivity index (χ2v) is 4.34. The molecule has 1 N–H and O–H groups in total. The van der Waals surface area contributed by atoms with Gasteiger partial charge in [-0.3, -0.25) is 9.59 Å². The molecule has 2 aromatic carbocycles. The summed E-state index contributed by atoms with van der Waals surface area (Å²) in [5, 5.41) is 2.72. The third-order valence-electron chi connectivity index (χ3n) is 2.79. The van der Waals surface area contributed by atoms with E-state index in [2.05, 4.69) is 5.32 Å². The van der Waals surface area contributed by atoms with Gasteiger partial charge >= 0.3 is 0 Å². The number of benzene rings is 2. The van der Waals surface area contributed by atoms with Crippen LogP contribution in [0.15, 0.2) is 60.7 Å². The minimum absolute atomic E-state index is 0.0760. The molecule has 0 unspecified atom stereocenters. The lowest BCUT2D eigenvalue weighted by molar-refractivity contribution is -0.111. The second-order valence-electron chi connectivity index (χ2n) is 4.34. The van der Waals surface area contributed by atoms with Gasteiger partial charge in [-0.05, 0) is 30.7 Å². The first kappa shape index (κ1) is 13.7. The molecule has 0 aliphatic carbocycles. The van der Waals surface area contributed by atoms with Crippen molar-refractivity contribution >= 4 is 23.5 Å². The zero-order chi connectivity index (χ0) is 14.4. The van der Waals surface area contributed by atoms with Crippen LogP contribution in [0.5, 0.6) is 0 Å². The van der Waals surface area contributed by atoms with Crippen LogP contribution >= 0.6 is 0 Å². The van der Waals surface area contributed by atoms with E-state index in [1.165, 1.54) is 13.0 Å². The van der Waals surface area contributed by atoms with E-state index in [0.29, 0.717) is 11.3 Å². The maximum Gasteiger partial charge on any atom is 0.248 e. The fourth-order valence-electron chi connectivity index (χ4n) is 1.81. The number of Topliss-reactive ketones (excluding diaryl/α,β-unsaturated/α-hetero) is 1. The summed E-state index contributed by atoms with van der Waals surface area (Å²) in [5.74, 6) is -0.338. The SMILES string of the molecule is CC(=O)c1ccccc1NC(=O)/C=C/c1ccccc1. The summed E-state index contributed by atoms with van der Waals surface area (Å²) in [4.78, 5) is 23.3. The molecule has 2 aromatic rings. The van der Waals surface area contributed by atoms with Crippen LogP contribution in [0.25, 0.3) is 6.08 Å². The van der Waals surface area contributed by atoms with Crippen molar-refractivity contribution in [1.82, 2.24) is 0 Å². The van der Waals surface area contributed by atoms with Crippen molar-refractivity contribution in [3.63, 3.8) is 0 Å². The standard InChI is InChI=1S/C17H15NO2/c1-13(19)15-9-5-6-10-16(15)18-17(20)12-11-14-7-3-2-4-8-14/h2-12H,1H3,(H,18,20)/b12-11+. The Morgan fingerprint density at radius 2 is 1.60 bits per heavy atom. The van der Waals surface area contributed by atoms with Crippen LogP contribution in [0.1, 0.15) is 22.8 Å². The van der Waals surface area contributed by atoms with Crippen LogP contribution in [0.2, 0.25) is 0 Å². The van der Waals surface area contributed by atoms with Gasteiger partial charge in [-0.1, -0.05) is 42.5 Å². The van der Waals surface area contributed by atoms with Crippen molar-refractivity contribution in [1.29, 1.82) is 0 Å². The summed E-state index contributed by atoms with van der Waals surface area (Å²) < 4.78 is 0. The van der Waals surface area contributed by atoms with Gasteiger partial charge in [0.2, 0.25) is 5.91 Å². The number of amides is 1. The van der Waals surface area contributed by atoms with Crippen molar-refractivity contribution in [2.24, 2.45) is 0 Å². The molecule has 3 nitrogen and oxygen atoms in total. The van der Waals surface area contributed by atoms with Gasteiger partial charge in [0.05, 0.1) is 5.69 Å². The number of ketones is 1. The molecule has 0 saturated carbocycles. The van der Waals surface area contributed by atoms with Gasteiger partial charge in [-0.15, -0.1) is 0 Å². The monoisotopic (exact) mass is 265 g/mol. The van der Waals surface area contributed by atoms with E-state index >= 15 is 0 Å². The van der Waals surface area contributed by atoms with E-state index in [0.717, 1.165) is 5.56 Å². The van der Waals surface area contributed by atoms with Crippen LogP contribution < -0.4 is 5.32 Å². The molecule has 0 spiro atoms. The summed E-state index contributed by atoms with van der Waals surface area (Å²) in [6.07, 6.45) is 3.18. The summed E-state index contributed by atoms with van der Waals surface area (Å²) in [6.45, 7) is 1.48. The number of anilines is 1. The van der Waals surface area contributed by atoms with Crippen LogP contribution in [0.3, 0.4) is 0 Å². The van der Waals surface area contributed by atoms with Gasteiger partial charge < -0.3 is 5.32 Å². The van der Waals surface area contributed by atoms with Crippen molar-refractivity contribution in [2.75, 3.05) is 5.32 Å². The Hall–Kier alpha value is -2.68. The third kappa shape index (κ3) is 3.65. The molecular formula is C17H15NO2. The van der Waals surface area contributed by atoms with Crippen molar-refractivity contribution < 1.29 is 9.59 Å². The topological polar surface area (TPSA) is 46.2 Å². The van der Waals surface area contributed by atoms with Crippen LogP contribution in [0, 0.1) is 0 Å². The highest BCUT2D eigenvalue weighted by Crippen LogP contribution is 2.15. The molecule has 0 aromatic heterocycles. The number of rotatable bonds is 4. The summed E-state index contributed by atoms with van der Waals surface area (Å²) in [6, 6.07) is 16.5. The van der Waals surface area contributed by atoms with Crippen molar-refractivity contribution in [3.05, 3.63) is 71.8 Å². The Balaban J connectivity index is 2.09. The van der Waals surface area contributed by atoms with Gasteiger partial charge in [-0.2, -0.15) is 0 Å². The first-order valence-corrected chi connectivity index (χ1v) is 6.31. The zero-order valence-electron chi connectivity index (χ0n) is 11.2. The molecule has 0 saturated heterocycles. The van der Waals surface area contributed by atoms with Gasteiger partial charge in [0.1, 0.15) is 0 Å². The van der Waals surface area contributed by atoms with E-state index in [9.17, 15) is 9.59 Å². The highest BCUT2D eigenvalue weighted by molar-refractivity contribution is 6.07. The van der Waals surface area contributed by atoms with Crippen LogP contribution in [-0.4, -0.2) is 11.7 Å². The lowest BCUT2D eigenvalue weighted by atomic mass is 10.1. The molecule has 0 aliphatic rings. The molecular weight excluding hydrogens is 250 g/mol. The Labute approximate surface area is 117 Å². The number of hydrogen-bond donors (Lipinski definition) is 1. The Bertz CT molecular complexity index is 645. The molecule has 3 heteroatoms. The molecule has 0 heterocycles. The number of para-hydroxylation sites is 1. The van der Waals surface area contributed by atoms with Crippen LogP contribution in [0.4, 0.5) is 5.69 Å². The molecule has 0 radical (unpaired) electrons. The van der Waals surface area contributed by atoms with Crippen LogP contribution in [-0.2, 0) is 4.79 Å². The fraction of sp³-hybridized carbons (Fsp3) is 0.0588. The van der Waals surface area contributed by atoms with Gasteiger partial charge in [0, 0.05) is 11.6 Å². The van der Waals surface area contributed by atoms with E-state index in [4.69, 9.17) is 0 Å². The van der Waals surface area contributed by atoms with Crippen molar-refractivity contribution in [3.8, 4) is 0 Å². The lowest BCUT2D eigenvalue weighted by Crippen LogP contribution is -2.11. The zero-order valence-corrected chi connectivity index (χ0v) is 11.2. The molecule has 100 valence electrons. The van der Waals surface area contributed by atoms with E-state index in [1.807, 2.05) is 30.3 Å². The summed E-state index contributed by atoms with van der Waals surface area (Å²) in [5.41, 5.74) is 1.99. The molecule has 20 heavy (non-hydrogen) atoms. The number of nitrogens with one attached hydrogen (secondary N) is 1. The second kappa shape index (κ2) is 6.48. The summed E-state index contributed by atoms with van der Waals surface area (Å²) in [7, 11) is 0. The molecule has 0 atom stereocenters. The summed E-state index contributed by atoms with van der Waals surface area (Å²) >= 11 is 0. The fourth-order valence-corrected chi connectivity index (χ4v) is 1.81. The molecule has 0 bridgehead atoms.